The third kappa shape index (κ3) is 4.79. The number of anilines is 2. The minimum atomic E-state index is -0.549. The van der Waals surface area contributed by atoms with Gasteiger partial charge in [0.2, 0.25) is 0 Å². The molecule has 2 heterocycles. The first-order valence-corrected chi connectivity index (χ1v) is 10.9. The van der Waals surface area contributed by atoms with Gasteiger partial charge in [0.15, 0.2) is 0 Å². The quantitative estimate of drug-likeness (QED) is 0.364. The highest BCUT2D eigenvalue weighted by atomic mass is 35.5. The molecule has 0 unspecified atom stereocenters. The summed E-state index contributed by atoms with van der Waals surface area (Å²) in [5.41, 5.74) is 1.35. The standard InChI is InChI=1S/C23H17ClF2N4O2S/c1-12-9-20(29-22(31)16-5-3-14(25)10-17(16)24)33-21(12)23(32)28-15-4-6-19(18(26)11-15)30-8-7-27-13(30)2/h3-11H,1-2H3,(H,28,32)(H,29,31). The summed E-state index contributed by atoms with van der Waals surface area (Å²) >= 11 is 6.99. The fourth-order valence-corrected chi connectivity index (χ4v) is 4.44. The number of carbonyl (C=O) groups is 2. The summed E-state index contributed by atoms with van der Waals surface area (Å²) in [4.78, 5) is 29.7. The Labute approximate surface area is 196 Å². The van der Waals surface area contributed by atoms with Crippen LogP contribution in [0.4, 0.5) is 19.5 Å². The predicted molar refractivity (Wildman–Crippen MR) is 125 cm³/mol. The molecule has 0 saturated heterocycles. The van der Waals surface area contributed by atoms with Crippen LogP contribution in [0.3, 0.4) is 0 Å². The van der Waals surface area contributed by atoms with Gasteiger partial charge in [0.25, 0.3) is 11.8 Å². The van der Waals surface area contributed by atoms with Gasteiger partial charge in [-0.25, -0.2) is 13.8 Å². The van der Waals surface area contributed by atoms with Gasteiger partial charge in [-0.05, 0) is 61.9 Å². The molecular weight excluding hydrogens is 470 g/mol. The van der Waals surface area contributed by atoms with E-state index in [4.69, 9.17) is 11.6 Å². The molecule has 0 aliphatic rings. The lowest BCUT2D eigenvalue weighted by Gasteiger charge is -2.09. The van der Waals surface area contributed by atoms with Crippen LogP contribution in [-0.4, -0.2) is 21.4 Å². The first kappa shape index (κ1) is 22.6. The first-order valence-electron chi connectivity index (χ1n) is 9.71. The number of aryl methyl sites for hydroxylation is 2. The van der Waals surface area contributed by atoms with Crippen molar-refractivity contribution in [2.75, 3.05) is 10.6 Å². The van der Waals surface area contributed by atoms with Crippen LogP contribution in [0.1, 0.15) is 31.4 Å². The van der Waals surface area contributed by atoms with Crippen molar-refractivity contribution < 1.29 is 18.4 Å². The van der Waals surface area contributed by atoms with Crippen molar-refractivity contribution in [2.45, 2.75) is 13.8 Å². The summed E-state index contributed by atoms with van der Waals surface area (Å²) in [5, 5.41) is 5.73. The minimum Gasteiger partial charge on any atom is -0.321 e. The number of nitrogens with one attached hydrogen (secondary N) is 2. The molecule has 0 atom stereocenters. The largest absolute Gasteiger partial charge is 0.321 e. The Morgan fingerprint density at radius 2 is 1.82 bits per heavy atom. The molecule has 168 valence electrons. The van der Waals surface area contributed by atoms with Gasteiger partial charge >= 0.3 is 0 Å². The Balaban J connectivity index is 1.49. The second kappa shape index (κ2) is 9.13. The van der Waals surface area contributed by atoms with E-state index in [9.17, 15) is 18.4 Å². The lowest BCUT2D eigenvalue weighted by Crippen LogP contribution is -2.12. The maximum Gasteiger partial charge on any atom is 0.266 e. The molecule has 2 aromatic heterocycles. The van der Waals surface area contributed by atoms with Crippen LogP contribution in [0.5, 0.6) is 0 Å². The Bertz CT molecular complexity index is 1380. The average Bonchev–Trinajstić information content (AvgIpc) is 3.33. The van der Waals surface area contributed by atoms with Crippen molar-refractivity contribution in [2.24, 2.45) is 0 Å². The highest BCUT2D eigenvalue weighted by molar-refractivity contribution is 7.18. The third-order valence-corrected chi connectivity index (χ3v) is 6.29. The van der Waals surface area contributed by atoms with E-state index in [0.29, 0.717) is 27.0 Å². The Morgan fingerprint density at radius 3 is 2.48 bits per heavy atom. The van der Waals surface area contributed by atoms with Crippen molar-refractivity contribution in [3.05, 3.63) is 93.3 Å². The summed E-state index contributed by atoms with van der Waals surface area (Å²) in [5.74, 6) is -1.39. The zero-order valence-electron chi connectivity index (χ0n) is 17.4. The number of thiophene rings is 1. The number of hydrogen-bond acceptors (Lipinski definition) is 4. The van der Waals surface area contributed by atoms with Crippen molar-refractivity contribution in [1.82, 2.24) is 9.55 Å². The number of carbonyl (C=O) groups excluding carboxylic acids is 2. The molecule has 0 spiro atoms. The van der Waals surface area contributed by atoms with Crippen molar-refractivity contribution >= 4 is 45.4 Å². The molecule has 4 aromatic rings. The van der Waals surface area contributed by atoms with E-state index in [0.717, 1.165) is 23.5 Å². The number of benzene rings is 2. The van der Waals surface area contributed by atoms with Crippen molar-refractivity contribution in [3.8, 4) is 5.69 Å². The van der Waals surface area contributed by atoms with Crippen LogP contribution in [-0.2, 0) is 0 Å². The molecule has 33 heavy (non-hydrogen) atoms. The van der Waals surface area contributed by atoms with Crippen LogP contribution in [0.15, 0.2) is 54.9 Å². The Kier molecular flexibility index (Phi) is 6.26. The van der Waals surface area contributed by atoms with Gasteiger partial charge in [0.05, 0.1) is 26.2 Å². The lowest BCUT2D eigenvalue weighted by molar-refractivity contribution is 0.102. The fraction of sp³-hybridized carbons (Fsp3) is 0.0870. The van der Waals surface area contributed by atoms with Crippen LogP contribution in [0.25, 0.3) is 5.69 Å². The fourth-order valence-electron chi connectivity index (χ4n) is 3.22. The number of aromatic nitrogens is 2. The van der Waals surface area contributed by atoms with E-state index < -0.39 is 23.4 Å². The van der Waals surface area contributed by atoms with Crippen LogP contribution in [0.2, 0.25) is 5.02 Å². The van der Waals surface area contributed by atoms with Crippen molar-refractivity contribution in [1.29, 1.82) is 0 Å². The molecule has 0 radical (unpaired) electrons. The minimum absolute atomic E-state index is 0.0184. The molecule has 10 heteroatoms. The van der Waals surface area contributed by atoms with Gasteiger partial charge in [0.1, 0.15) is 17.5 Å². The topological polar surface area (TPSA) is 76.0 Å². The highest BCUT2D eigenvalue weighted by Gasteiger charge is 2.18. The summed E-state index contributed by atoms with van der Waals surface area (Å²) in [7, 11) is 0. The van der Waals surface area contributed by atoms with E-state index in [2.05, 4.69) is 15.6 Å². The molecule has 6 nitrogen and oxygen atoms in total. The Morgan fingerprint density at radius 1 is 1.03 bits per heavy atom. The second-order valence-corrected chi connectivity index (χ2v) is 8.63. The first-order chi connectivity index (χ1) is 15.7. The molecule has 2 N–H and O–H groups in total. The summed E-state index contributed by atoms with van der Waals surface area (Å²) in [6.07, 6.45) is 3.22. The molecule has 2 aromatic carbocycles. The molecule has 0 aliphatic heterocycles. The van der Waals surface area contributed by atoms with Crippen molar-refractivity contribution in [3.63, 3.8) is 0 Å². The van der Waals surface area contributed by atoms with E-state index in [-0.39, 0.29) is 16.3 Å². The maximum absolute atomic E-state index is 14.6. The number of imidazole rings is 1. The van der Waals surface area contributed by atoms with Gasteiger partial charge in [-0.15, -0.1) is 11.3 Å². The number of rotatable bonds is 5. The Hall–Kier alpha value is -3.56. The molecule has 0 saturated carbocycles. The zero-order valence-corrected chi connectivity index (χ0v) is 19.0. The second-order valence-electron chi connectivity index (χ2n) is 7.17. The average molecular weight is 487 g/mol. The number of nitrogens with zero attached hydrogens (tertiary/aromatic N) is 2. The maximum atomic E-state index is 14.6. The SMILES string of the molecule is Cc1cc(NC(=O)c2ccc(F)cc2Cl)sc1C(=O)Nc1ccc(-n2ccnc2C)c(F)c1. The molecule has 4 rings (SSSR count). The number of halogens is 3. The van der Waals surface area contributed by atoms with Gasteiger partial charge in [0, 0.05) is 18.1 Å². The summed E-state index contributed by atoms with van der Waals surface area (Å²) in [6, 6.07) is 9.49. The summed E-state index contributed by atoms with van der Waals surface area (Å²) in [6.45, 7) is 3.48. The number of amides is 2. The third-order valence-electron chi connectivity index (χ3n) is 4.83. The van der Waals surface area contributed by atoms with Gasteiger partial charge in [-0.1, -0.05) is 11.6 Å². The molecule has 2 amide bonds. The van der Waals surface area contributed by atoms with Gasteiger partial charge < -0.3 is 15.2 Å². The predicted octanol–water partition coefficient (Wildman–Crippen LogP) is 5.99. The summed E-state index contributed by atoms with van der Waals surface area (Å²) < 4.78 is 29.4. The molecule has 0 aliphatic carbocycles. The van der Waals surface area contributed by atoms with E-state index in [1.165, 1.54) is 12.1 Å². The molecule has 0 fully saturated rings. The smallest absolute Gasteiger partial charge is 0.266 e. The van der Waals surface area contributed by atoms with Gasteiger partial charge in [-0.3, -0.25) is 9.59 Å². The van der Waals surface area contributed by atoms with E-state index in [1.807, 2.05) is 0 Å². The number of hydrogen-bond donors (Lipinski definition) is 2. The molecule has 0 bridgehead atoms. The zero-order chi connectivity index (χ0) is 23.7. The highest BCUT2D eigenvalue weighted by Crippen LogP contribution is 2.29. The lowest BCUT2D eigenvalue weighted by atomic mass is 10.2. The monoisotopic (exact) mass is 486 g/mol. The van der Waals surface area contributed by atoms with Gasteiger partial charge in [-0.2, -0.15) is 0 Å². The normalized spacial score (nSPS) is 10.8. The van der Waals surface area contributed by atoms with E-state index in [1.54, 1.807) is 49.0 Å². The van der Waals surface area contributed by atoms with E-state index >= 15 is 0 Å². The van der Waals surface area contributed by atoms with Crippen LogP contribution >= 0.6 is 22.9 Å². The molecular formula is C23H17ClF2N4O2S. The van der Waals surface area contributed by atoms with Crippen LogP contribution < -0.4 is 10.6 Å². The van der Waals surface area contributed by atoms with Crippen LogP contribution in [0, 0.1) is 25.5 Å².